The first kappa shape index (κ1) is 21.7. The summed E-state index contributed by atoms with van der Waals surface area (Å²) in [6, 6.07) is 7.07. The van der Waals surface area contributed by atoms with Crippen molar-refractivity contribution >= 4 is 15.9 Å². The summed E-state index contributed by atoms with van der Waals surface area (Å²) < 4.78 is 33.1. The maximum atomic E-state index is 13.1. The first-order chi connectivity index (χ1) is 14.4. The van der Waals surface area contributed by atoms with Gasteiger partial charge in [0, 0.05) is 50.9 Å². The minimum Gasteiger partial charge on any atom is -0.376 e. The Morgan fingerprint density at radius 2 is 1.77 bits per heavy atom. The second-order valence-electron chi connectivity index (χ2n) is 8.69. The van der Waals surface area contributed by atoms with Gasteiger partial charge in [0.1, 0.15) is 0 Å². The Morgan fingerprint density at radius 1 is 1.03 bits per heavy atom. The molecule has 1 aromatic carbocycles. The van der Waals surface area contributed by atoms with E-state index in [1.165, 1.54) is 0 Å². The molecule has 0 aliphatic carbocycles. The van der Waals surface area contributed by atoms with Crippen molar-refractivity contribution in [2.45, 2.75) is 56.1 Å². The smallest absolute Gasteiger partial charge is 0.253 e. The lowest BCUT2D eigenvalue weighted by atomic mass is 10.0. The largest absolute Gasteiger partial charge is 0.376 e. The van der Waals surface area contributed by atoms with Gasteiger partial charge >= 0.3 is 0 Å². The van der Waals surface area contributed by atoms with Crippen LogP contribution >= 0.6 is 0 Å². The molecule has 4 rings (SSSR count). The fraction of sp³-hybridized carbons (Fsp3) is 0.682. The third-order valence-corrected chi connectivity index (χ3v) is 8.47. The Hall–Kier alpha value is -1.48. The first-order valence-corrected chi connectivity index (χ1v) is 12.6. The van der Waals surface area contributed by atoms with Crippen LogP contribution in [0.4, 0.5) is 0 Å². The molecule has 0 aromatic heterocycles. The molecule has 3 aliphatic rings. The van der Waals surface area contributed by atoms with E-state index in [-0.39, 0.29) is 16.9 Å². The molecule has 0 N–H and O–H groups in total. The quantitative estimate of drug-likeness (QED) is 0.725. The normalized spacial score (nSPS) is 25.4. The van der Waals surface area contributed by atoms with Crippen molar-refractivity contribution in [1.29, 1.82) is 0 Å². The van der Waals surface area contributed by atoms with E-state index in [1.54, 1.807) is 28.6 Å². The molecule has 3 saturated heterocycles. The second-order valence-corrected chi connectivity index (χ2v) is 10.6. The minimum atomic E-state index is -3.53. The first-order valence-electron chi connectivity index (χ1n) is 11.2. The number of piperidine rings is 2. The molecule has 0 bridgehead atoms. The average molecular weight is 436 g/mol. The molecule has 166 valence electrons. The highest BCUT2D eigenvalue weighted by atomic mass is 32.2. The lowest BCUT2D eigenvalue weighted by Crippen LogP contribution is -2.51. The van der Waals surface area contributed by atoms with Crippen molar-refractivity contribution in [2.24, 2.45) is 0 Å². The van der Waals surface area contributed by atoms with Crippen LogP contribution in [-0.4, -0.2) is 86.5 Å². The number of ether oxygens (including phenoxy) is 1. The Morgan fingerprint density at radius 3 is 2.47 bits per heavy atom. The Balaban J connectivity index is 1.40. The molecule has 0 unspecified atom stereocenters. The van der Waals surface area contributed by atoms with Crippen molar-refractivity contribution in [3.05, 3.63) is 29.8 Å². The van der Waals surface area contributed by atoms with E-state index in [9.17, 15) is 13.2 Å². The number of hydrogen-bond donors (Lipinski definition) is 0. The fourth-order valence-corrected chi connectivity index (χ4v) is 6.40. The Labute approximate surface area is 180 Å². The molecule has 8 heteroatoms. The molecule has 30 heavy (non-hydrogen) atoms. The maximum absolute atomic E-state index is 13.1. The lowest BCUT2D eigenvalue weighted by molar-refractivity contribution is -0.0423. The zero-order valence-electron chi connectivity index (χ0n) is 17.8. The maximum Gasteiger partial charge on any atom is 0.253 e. The molecule has 0 saturated carbocycles. The van der Waals surface area contributed by atoms with Gasteiger partial charge in [-0.15, -0.1) is 0 Å². The molecule has 3 aliphatic heterocycles. The number of sulfonamides is 1. The Bertz CT molecular complexity index is 846. The van der Waals surface area contributed by atoms with Gasteiger partial charge in [-0.2, -0.15) is 4.31 Å². The van der Waals surface area contributed by atoms with Crippen LogP contribution in [0.1, 0.15) is 49.4 Å². The van der Waals surface area contributed by atoms with Crippen molar-refractivity contribution in [2.75, 3.05) is 45.9 Å². The summed E-state index contributed by atoms with van der Waals surface area (Å²) in [6.45, 7) is 7.34. The molecule has 3 fully saturated rings. The van der Waals surface area contributed by atoms with Crippen LogP contribution in [-0.2, 0) is 14.8 Å². The molecule has 3 heterocycles. The summed E-state index contributed by atoms with van der Waals surface area (Å²) in [5, 5.41) is 0. The van der Waals surface area contributed by atoms with E-state index in [2.05, 4.69) is 11.8 Å². The van der Waals surface area contributed by atoms with E-state index in [1.807, 2.05) is 4.90 Å². The Kier molecular flexibility index (Phi) is 6.77. The average Bonchev–Trinajstić information content (AvgIpc) is 2.79. The van der Waals surface area contributed by atoms with E-state index < -0.39 is 10.0 Å². The summed E-state index contributed by atoms with van der Waals surface area (Å²) in [6.07, 6.45) is 5.03. The number of hydrogen-bond acceptors (Lipinski definition) is 5. The molecule has 1 atom stereocenters. The van der Waals surface area contributed by atoms with Crippen LogP contribution in [0.25, 0.3) is 0 Å². The van der Waals surface area contributed by atoms with Gasteiger partial charge in [-0.25, -0.2) is 8.42 Å². The topological polar surface area (TPSA) is 70.2 Å². The van der Waals surface area contributed by atoms with Crippen molar-refractivity contribution in [1.82, 2.24) is 14.1 Å². The highest BCUT2D eigenvalue weighted by Crippen LogP contribution is 2.24. The molecular formula is C22H33N3O4S. The van der Waals surface area contributed by atoms with Crippen molar-refractivity contribution < 1.29 is 17.9 Å². The lowest BCUT2D eigenvalue weighted by Gasteiger charge is -2.41. The molecular weight excluding hydrogens is 402 g/mol. The van der Waals surface area contributed by atoms with E-state index >= 15 is 0 Å². The number of rotatable bonds is 4. The summed E-state index contributed by atoms with van der Waals surface area (Å²) in [5.74, 6) is -0.0699. The molecule has 0 radical (unpaired) electrons. The molecule has 1 amide bonds. The van der Waals surface area contributed by atoms with E-state index in [4.69, 9.17) is 4.74 Å². The van der Waals surface area contributed by atoms with Gasteiger partial charge < -0.3 is 9.64 Å². The molecule has 7 nitrogen and oxygen atoms in total. The number of nitrogens with zero attached hydrogens (tertiary/aromatic N) is 3. The number of carbonyl (C=O) groups is 1. The zero-order valence-corrected chi connectivity index (χ0v) is 18.6. The fourth-order valence-electron chi connectivity index (χ4n) is 4.84. The van der Waals surface area contributed by atoms with Gasteiger partial charge in [0.15, 0.2) is 0 Å². The van der Waals surface area contributed by atoms with E-state index in [0.29, 0.717) is 37.8 Å². The zero-order chi connectivity index (χ0) is 21.1. The summed E-state index contributed by atoms with van der Waals surface area (Å²) in [7, 11) is -3.53. The van der Waals surface area contributed by atoms with Gasteiger partial charge in [0.05, 0.1) is 17.6 Å². The van der Waals surface area contributed by atoms with Gasteiger partial charge in [0.25, 0.3) is 5.91 Å². The van der Waals surface area contributed by atoms with Gasteiger partial charge in [-0.1, -0.05) is 12.5 Å². The summed E-state index contributed by atoms with van der Waals surface area (Å²) in [4.78, 5) is 17.7. The highest BCUT2D eigenvalue weighted by Gasteiger charge is 2.31. The number of morpholine rings is 1. The molecule has 1 aromatic rings. The number of likely N-dealkylation sites (tertiary alicyclic amines) is 1. The van der Waals surface area contributed by atoms with Crippen LogP contribution in [0.2, 0.25) is 0 Å². The van der Waals surface area contributed by atoms with E-state index in [0.717, 1.165) is 51.8 Å². The second kappa shape index (κ2) is 9.34. The van der Waals surface area contributed by atoms with Crippen molar-refractivity contribution in [3.63, 3.8) is 0 Å². The standard InChI is InChI=1S/C22H33N3O4S/c1-18-17-24(14-15-29-18)20-8-12-23(13-9-20)22(26)19-6-5-7-21(16-19)30(27,28)25-10-3-2-4-11-25/h5-7,16,18,20H,2-4,8-15,17H2,1H3/t18-/m1/s1. The predicted molar refractivity (Wildman–Crippen MR) is 115 cm³/mol. The predicted octanol–water partition coefficient (Wildman–Crippen LogP) is 2.19. The van der Waals surface area contributed by atoms with Crippen LogP contribution in [0, 0.1) is 0 Å². The van der Waals surface area contributed by atoms with Gasteiger partial charge in [0.2, 0.25) is 10.0 Å². The number of carbonyl (C=O) groups excluding carboxylic acids is 1. The van der Waals surface area contributed by atoms with Crippen LogP contribution < -0.4 is 0 Å². The van der Waals surface area contributed by atoms with Crippen LogP contribution in [0.5, 0.6) is 0 Å². The van der Waals surface area contributed by atoms with Crippen molar-refractivity contribution in [3.8, 4) is 0 Å². The number of amides is 1. The summed E-state index contributed by atoms with van der Waals surface area (Å²) >= 11 is 0. The van der Waals surface area contributed by atoms with Crippen LogP contribution in [0.3, 0.4) is 0 Å². The minimum absolute atomic E-state index is 0.0699. The number of benzene rings is 1. The third kappa shape index (κ3) is 4.72. The highest BCUT2D eigenvalue weighted by molar-refractivity contribution is 7.89. The van der Waals surface area contributed by atoms with Crippen LogP contribution in [0.15, 0.2) is 29.2 Å². The van der Waals surface area contributed by atoms with Gasteiger partial charge in [-0.3, -0.25) is 9.69 Å². The molecule has 0 spiro atoms. The third-order valence-electron chi connectivity index (χ3n) is 6.57. The monoisotopic (exact) mass is 435 g/mol. The SMILES string of the molecule is C[C@@H]1CN(C2CCN(C(=O)c3cccc(S(=O)(=O)N4CCCCC4)c3)CC2)CCO1. The summed E-state index contributed by atoms with van der Waals surface area (Å²) in [5.41, 5.74) is 0.464. The van der Waals surface area contributed by atoms with Gasteiger partial charge in [-0.05, 0) is 50.8 Å².